The zero-order chi connectivity index (χ0) is 20.3. The molecule has 0 aromatic rings. The Morgan fingerprint density at radius 2 is 1.61 bits per heavy atom. The van der Waals surface area contributed by atoms with Gasteiger partial charge in [0, 0.05) is 12.3 Å². The van der Waals surface area contributed by atoms with Crippen LogP contribution in [0.2, 0.25) is 0 Å². The van der Waals surface area contributed by atoms with Crippen molar-refractivity contribution in [2.45, 2.75) is 96.7 Å². The predicted octanol–water partition coefficient (Wildman–Crippen LogP) is 4.07. The minimum absolute atomic E-state index is 0.0103. The summed E-state index contributed by atoms with van der Waals surface area (Å²) in [7, 11) is 0. The smallest absolute Gasteiger partial charge is 0.169 e. The topological polar surface area (TPSA) is 55.8 Å². The average molecular weight is 407 g/mol. The van der Waals surface area contributed by atoms with Crippen molar-refractivity contribution >= 4 is 22.9 Å². The van der Waals surface area contributed by atoms with Gasteiger partial charge >= 0.3 is 0 Å². The molecule has 1 saturated heterocycles. The third-order valence-corrected chi connectivity index (χ3v) is 10.2. The van der Waals surface area contributed by atoms with E-state index in [2.05, 4.69) is 13.8 Å². The van der Waals surface area contributed by atoms with Gasteiger partial charge in [0.05, 0.1) is 22.7 Å². The lowest BCUT2D eigenvalue weighted by atomic mass is 9.43. The largest absolute Gasteiger partial charge is 0.390 e. The fourth-order valence-electron chi connectivity index (χ4n) is 8.11. The molecule has 0 spiro atoms. The van der Waals surface area contributed by atoms with Crippen LogP contribution in [0.3, 0.4) is 0 Å². The van der Waals surface area contributed by atoms with Crippen LogP contribution in [0.5, 0.6) is 0 Å². The van der Waals surface area contributed by atoms with E-state index in [1.807, 2.05) is 20.8 Å². The fraction of sp³-hybridized carbons (Fsp3) is 0.913. The van der Waals surface area contributed by atoms with E-state index in [1.165, 1.54) is 0 Å². The van der Waals surface area contributed by atoms with E-state index < -0.39 is 11.4 Å². The SMILES string of the molecule is CC1(C)O[C@H]2[C@H](O1)[C@H]1CC(=O)C(=S)C[C@]1(C)[C@H]1CC[C@@]3(C)[C@@H](CC[C@]3(C)O)[C@H]21. The summed E-state index contributed by atoms with van der Waals surface area (Å²) in [6, 6.07) is 0. The van der Waals surface area contributed by atoms with Crippen LogP contribution in [-0.4, -0.2) is 39.4 Å². The van der Waals surface area contributed by atoms with Gasteiger partial charge in [0.2, 0.25) is 0 Å². The summed E-state index contributed by atoms with van der Waals surface area (Å²) < 4.78 is 13.0. The first-order valence-corrected chi connectivity index (χ1v) is 11.4. The van der Waals surface area contributed by atoms with E-state index >= 15 is 0 Å². The van der Waals surface area contributed by atoms with E-state index in [1.54, 1.807) is 0 Å². The molecule has 0 aromatic carbocycles. The lowest BCUT2D eigenvalue weighted by Gasteiger charge is -2.63. The van der Waals surface area contributed by atoms with Gasteiger partial charge in [-0.25, -0.2) is 0 Å². The number of ketones is 1. The lowest BCUT2D eigenvalue weighted by Crippen LogP contribution is -2.64. The molecular formula is C23H34O4S. The number of ether oxygens (including phenoxy) is 2. The first-order valence-electron chi connectivity index (χ1n) is 11.0. The van der Waals surface area contributed by atoms with E-state index in [4.69, 9.17) is 21.7 Å². The minimum atomic E-state index is -0.624. The zero-order valence-corrected chi connectivity index (χ0v) is 18.6. The van der Waals surface area contributed by atoms with Gasteiger partial charge in [-0.1, -0.05) is 26.1 Å². The van der Waals surface area contributed by atoms with Crippen molar-refractivity contribution in [2.75, 3.05) is 0 Å². The molecule has 9 atom stereocenters. The Morgan fingerprint density at radius 3 is 2.32 bits per heavy atom. The Labute approximate surface area is 173 Å². The quantitative estimate of drug-likeness (QED) is 0.615. The molecule has 0 aromatic heterocycles. The highest BCUT2D eigenvalue weighted by Gasteiger charge is 2.70. The van der Waals surface area contributed by atoms with Gasteiger partial charge in [-0.05, 0) is 81.5 Å². The van der Waals surface area contributed by atoms with E-state index in [0.29, 0.717) is 35.5 Å². The maximum Gasteiger partial charge on any atom is 0.169 e. The Bertz CT molecular complexity index is 745. The van der Waals surface area contributed by atoms with Crippen LogP contribution in [0.25, 0.3) is 0 Å². The monoisotopic (exact) mass is 406 g/mol. The summed E-state index contributed by atoms with van der Waals surface area (Å²) in [6.45, 7) is 10.7. The Morgan fingerprint density at radius 1 is 0.964 bits per heavy atom. The lowest BCUT2D eigenvalue weighted by molar-refractivity contribution is -0.188. The van der Waals surface area contributed by atoms with Crippen LogP contribution < -0.4 is 0 Å². The molecule has 4 aliphatic carbocycles. The van der Waals surface area contributed by atoms with Crippen molar-refractivity contribution in [1.82, 2.24) is 0 Å². The summed E-state index contributed by atoms with van der Waals surface area (Å²) in [6.07, 6.45) is 5.18. The third kappa shape index (κ3) is 2.34. The predicted molar refractivity (Wildman–Crippen MR) is 110 cm³/mol. The summed E-state index contributed by atoms with van der Waals surface area (Å²) in [5.74, 6) is 0.931. The number of Topliss-reactive ketones (excluding diaryl/α,β-unsaturated/α-hetero) is 1. The third-order valence-electron chi connectivity index (χ3n) is 9.79. The molecule has 5 aliphatic rings. The maximum absolute atomic E-state index is 12.5. The van der Waals surface area contributed by atoms with Crippen LogP contribution in [-0.2, 0) is 14.3 Å². The average Bonchev–Trinajstić information content (AvgIpc) is 3.03. The van der Waals surface area contributed by atoms with Crippen LogP contribution in [0.4, 0.5) is 0 Å². The molecule has 1 aliphatic heterocycles. The summed E-state index contributed by atoms with van der Waals surface area (Å²) in [5, 5.41) is 11.2. The molecular weight excluding hydrogens is 372 g/mol. The number of fused-ring (bicyclic) bond motifs is 8. The van der Waals surface area contributed by atoms with Crippen LogP contribution >= 0.6 is 12.2 Å². The van der Waals surface area contributed by atoms with Crippen molar-refractivity contribution in [3.05, 3.63) is 0 Å². The number of thiocarbonyl (C=S) groups is 1. The number of hydrogen-bond acceptors (Lipinski definition) is 5. The summed E-state index contributed by atoms with van der Waals surface area (Å²) >= 11 is 5.52. The summed E-state index contributed by atoms with van der Waals surface area (Å²) in [4.78, 5) is 13.2. The minimum Gasteiger partial charge on any atom is -0.390 e. The van der Waals surface area contributed by atoms with E-state index in [-0.39, 0.29) is 34.7 Å². The number of carbonyl (C=O) groups excluding carboxylic acids is 1. The van der Waals surface area contributed by atoms with Gasteiger partial charge in [-0.2, -0.15) is 0 Å². The highest BCUT2D eigenvalue weighted by molar-refractivity contribution is 7.82. The van der Waals surface area contributed by atoms with Crippen molar-refractivity contribution in [3.8, 4) is 0 Å². The molecule has 1 heterocycles. The Balaban J connectivity index is 1.62. The van der Waals surface area contributed by atoms with E-state index in [0.717, 1.165) is 25.7 Å². The molecule has 0 bridgehead atoms. The van der Waals surface area contributed by atoms with Gasteiger partial charge in [0.1, 0.15) is 0 Å². The highest BCUT2D eigenvalue weighted by atomic mass is 32.1. The molecule has 4 nitrogen and oxygen atoms in total. The molecule has 5 fully saturated rings. The molecule has 4 saturated carbocycles. The maximum atomic E-state index is 12.5. The van der Waals surface area contributed by atoms with Crippen molar-refractivity contribution < 1.29 is 19.4 Å². The van der Waals surface area contributed by atoms with Gasteiger partial charge in [0.25, 0.3) is 0 Å². The molecule has 0 unspecified atom stereocenters. The van der Waals surface area contributed by atoms with Crippen molar-refractivity contribution in [1.29, 1.82) is 0 Å². The molecule has 1 N–H and O–H groups in total. The van der Waals surface area contributed by atoms with Crippen LogP contribution in [0, 0.1) is 34.5 Å². The number of rotatable bonds is 0. The second-order valence-corrected chi connectivity index (χ2v) is 12.0. The fourth-order valence-corrected chi connectivity index (χ4v) is 8.51. The molecule has 0 radical (unpaired) electrons. The zero-order valence-electron chi connectivity index (χ0n) is 17.8. The molecule has 28 heavy (non-hydrogen) atoms. The first-order chi connectivity index (χ1) is 12.9. The molecule has 5 heteroatoms. The number of hydrogen-bond donors (Lipinski definition) is 1. The van der Waals surface area contributed by atoms with Crippen LogP contribution in [0.1, 0.15) is 73.1 Å². The van der Waals surface area contributed by atoms with Crippen LogP contribution in [0.15, 0.2) is 0 Å². The van der Waals surface area contributed by atoms with Gasteiger partial charge in [-0.15, -0.1) is 0 Å². The number of aliphatic hydroxyl groups is 1. The second-order valence-electron chi connectivity index (χ2n) is 11.5. The Kier molecular flexibility index (Phi) is 3.96. The first kappa shape index (κ1) is 19.6. The van der Waals surface area contributed by atoms with Gasteiger partial charge in [0.15, 0.2) is 11.6 Å². The summed E-state index contributed by atoms with van der Waals surface area (Å²) in [5.41, 5.74) is -0.720. The standard InChI is InChI=1S/C23H34O4S/c1-20(2)26-18-14-10-15(24)16(28)11-21(14,3)12-6-8-22(4)13(7-9-23(22,5)25)17(12)19(18)27-20/h12-14,17-19,25H,6-11H2,1-5H3/t12-,13-,14+,17+,18+,19+,21+,22-,23-/m0/s1. The normalized spacial score (nSPS) is 57.4. The van der Waals surface area contributed by atoms with Crippen molar-refractivity contribution in [3.63, 3.8) is 0 Å². The van der Waals surface area contributed by atoms with Gasteiger partial charge in [-0.3, -0.25) is 4.79 Å². The highest BCUT2D eigenvalue weighted by Crippen LogP contribution is 2.69. The number of carbonyl (C=O) groups is 1. The molecule has 156 valence electrons. The van der Waals surface area contributed by atoms with E-state index in [9.17, 15) is 9.90 Å². The van der Waals surface area contributed by atoms with Gasteiger partial charge < -0.3 is 14.6 Å². The molecule has 0 amide bonds. The molecule has 5 rings (SSSR count). The Hall–Kier alpha value is -0.360. The van der Waals surface area contributed by atoms with Crippen molar-refractivity contribution in [2.24, 2.45) is 34.5 Å². The second kappa shape index (κ2) is 5.66.